The molecule has 0 radical (unpaired) electrons. The minimum atomic E-state index is -0.278. The molecule has 1 amide bonds. The fraction of sp³-hybridized carbons (Fsp3) is 0.412. The van der Waals surface area contributed by atoms with E-state index in [0.717, 1.165) is 41.5 Å². The Morgan fingerprint density at radius 1 is 1.25 bits per heavy atom. The maximum atomic E-state index is 12.5. The Labute approximate surface area is 178 Å². The lowest BCUT2D eigenvalue weighted by Crippen LogP contribution is -2.28. The number of hydrogen-bond acceptors (Lipinski definition) is 7. The maximum Gasteiger partial charge on any atom is 0.277 e. The number of amides is 1. The molecule has 152 valence electrons. The summed E-state index contributed by atoms with van der Waals surface area (Å²) in [6.07, 6.45) is 5.60. The summed E-state index contributed by atoms with van der Waals surface area (Å²) >= 11 is 1.40. The molecular formula is C17H23Cl2N7OS. The van der Waals surface area contributed by atoms with Crippen molar-refractivity contribution in [1.82, 2.24) is 20.0 Å². The van der Waals surface area contributed by atoms with E-state index in [1.165, 1.54) is 11.3 Å². The van der Waals surface area contributed by atoms with Crippen LogP contribution in [0.2, 0.25) is 0 Å². The van der Waals surface area contributed by atoms with Gasteiger partial charge >= 0.3 is 0 Å². The van der Waals surface area contributed by atoms with E-state index in [2.05, 4.69) is 20.6 Å². The van der Waals surface area contributed by atoms with Crippen molar-refractivity contribution in [2.75, 3.05) is 11.1 Å². The number of thiazole rings is 1. The quantitative estimate of drug-likeness (QED) is 0.569. The molecule has 4 rings (SSSR count). The van der Waals surface area contributed by atoms with Gasteiger partial charge in [-0.3, -0.25) is 4.79 Å². The number of aryl methyl sites for hydroxylation is 1. The van der Waals surface area contributed by atoms with Gasteiger partial charge in [-0.05, 0) is 50.3 Å². The van der Waals surface area contributed by atoms with Crippen LogP contribution in [0.15, 0.2) is 18.3 Å². The molecule has 2 heterocycles. The number of rotatable bonds is 3. The average Bonchev–Trinajstić information content (AvgIpc) is 3.22. The third-order valence-electron chi connectivity index (χ3n) is 4.82. The van der Waals surface area contributed by atoms with E-state index in [1.54, 1.807) is 10.9 Å². The average molecular weight is 444 g/mol. The van der Waals surface area contributed by atoms with E-state index in [4.69, 9.17) is 11.5 Å². The van der Waals surface area contributed by atoms with Gasteiger partial charge in [-0.25, -0.2) is 9.67 Å². The number of carbonyl (C=O) groups is 1. The molecule has 1 saturated carbocycles. The predicted molar refractivity (Wildman–Crippen MR) is 117 cm³/mol. The number of anilines is 2. The summed E-state index contributed by atoms with van der Waals surface area (Å²) in [4.78, 5) is 16.8. The highest BCUT2D eigenvalue weighted by Gasteiger charge is 2.22. The van der Waals surface area contributed by atoms with Crippen molar-refractivity contribution in [2.24, 2.45) is 5.73 Å². The largest absolute Gasteiger partial charge is 0.375 e. The molecule has 1 aromatic carbocycles. The Morgan fingerprint density at radius 3 is 2.68 bits per heavy atom. The molecule has 0 bridgehead atoms. The van der Waals surface area contributed by atoms with Crippen LogP contribution in [-0.2, 0) is 0 Å². The molecule has 1 aliphatic rings. The van der Waals surface area contributed by atoms with E-state index in [1.807, 2.05) is 19.1 Å². The Bertz CT molecular complexity index is 966. The van der Waals surface area contributed by atoms with Crippen LogP contribution in [0, 0.1) is 6.92 Å². The van der Waals surface area contributed by atoms with Crippen molar-refractivity contribution >= 4 is 63.1 Å². The number of carbonyl (C=O) groups excluding carboxylic acids is 1. The zero-order chi connectivity index (χ0) is 18.3. The molecule has 8 nitrogen and oxygen atoms in total. The lowest BCUT2D eigenvalue weighted by atomic mass is 9.92. The fourth-order valence-corrected chi connectivity index (χ4v) is 4.26. The third-order valence-corrected chi connectivity index (χ3v) is 5.65. The zero-order valence-electron chi connectivity index (χ0n) is 15.3. The second kappa shape index (κ2) is 9.04. The molecule has 1 aliphatic carbocycles. The van der Waals surface area contributed by atoms with Gasteiger partial charge in [0.05, 0.1) is 22.5 Å². The van der Waals surface area contributed by atoms with Gasteiger partial charge in [0.25, 0.3) is 5.91 Å². The summed E-state index contributed by atoms with van der Waals surface area (Å²) < 4.78 is 2.74. The lowest BCUT2D eigenvalue weighted by molar-refractivity contribution is 0.102. The minimum Gasteiger partial charge on any atom is -0.375 e. The van der Waals surface area contributed by atoms with Gasteiger partial charge in [-0.1, -0.05) is 16.6 Å². The normalized spacial score (nSPS) is 18.9. The first-order chi connectivity index (χ1) is 12.5. The van der Waals surface area contributed by atoms with E-state index < -0.39 is 0 Å². The molecule has 3 aromatic rings. The smallest absolute Gasteiger partial charge is 0.277 e. The van der Waals surface area contributed by atoms with Gasteiger partial charge in [0.15, 0.2) is 10.8 Å². The van der Waals surface area contributed by atoms with Gasteiger partial charge in [0, 0.05) is 11.7 Å². The Hall–Kier alpha value is -1.94. The van der Waals surface area contributed by atoms with Crippen LogP contribution in [0.3, 0.4) is 0 Å². The Balaban J connectivity index is 0.00000140. The first-order valence-electron chi connectivity index (χ1n) is 8.65. The molecule has 0 spiro atoms. The minimum absolute atomic E-state index is 0. The van der Waals surface area contributed by atoms with Crippen LogP contribution >= 0.6 is 36.2 Å². The first-order valence-corrected chi connectivity index (χ1v) is 9.46. The van der Waals surface area contributed by atoms with Crippen molar-refractivity contribution in [3.05, 3.63) is 29.6 Å². The maximum absolute atomic E-state index is 12.5. The number of nitrogens with zero attached hydrogens (tertiary/aromatic N) is 4. The third kappa shape index (κ3) is 4.54. The fourth-order valence-electron chi connectivity index (χ4n) is 3.41. The Kier molecular flexibility index (Phi) is 7.22. The number of hydrogen-bond donors (Lipinski definition) is 3. The molecule has 5 N–H and O–H groups in total. The number of fused-ring (bicyclic) bond motifs is 1. The molecule has 0 unspecified atom stereocenters. The molecular weight excluding hydrogens is 421 g/mol. The molecule has 0 atom stereocenters. The van der Waals surface area contributed by atoms with E-state index in [9.17, 15) is 4.79 Å². The number of nitrogens with one attached hydrogen (secondary N) is 1. The lowest BCUT2D eigenvalue weighted by Gasteiger charge is -2.25. The summed E-state index contributed by atoms with van der Waals surface area (Å²) in [7, 11) is 0. The van der Waals surface area contributed by atoms with Crippen LogP contribution in [0.5, 0.6) is 0 Å². The monoisotopic (exact) mass is 443 g/mol. The van der Waals surface area contributed by atoms with Crippen LogP contribution < -0.4 is 16.8 Å². The standard InChI is InChI=1S/C17H21N7OS.2ClH/c1-9-6-11(7-14-15(9)21-17(19)26-14)20-16(25)13-8-24(23-22-13)12-4-2-10(18)3-5-12;;/h6-8,10,12H,2-5,18H2,1H3,(H2,19,21)(H,20,25);2*1H. The number of halogens is 2. The van der Waals surface area contributed by atoms with Crippen LogP contribution in [0.25, 0.3) is 10.2 Å². The molecule has 28 heavy (non-hydrogen) atoms. The highest BCUT2D eigenvalue weighted by molar-refractivity contribution is 7.22. The van der Waals surface area contributed by atoms with Gasteiger partial charge in [-0.2, -0.15) is 0 Å². The second-order valence-corrected chi connectivity index (χ2v) is 7.86. The van der Waals surface area contributed by atoms with E-state index in [-0.39, 0.29) is 42.8 Å². The number of nitrogens with two attached hydrogens (primary N) is 2. The van der Waals surface area contributed by atoms with Gasteiger partial charge in [-0.15, -0.1) is 29.9 Å². The van der Waals surface area contributed by atoms with E-state index in [0.29, 0.717) is 16.5 Å². The van der Waals surface area contributed by atoms with Crippen LogP contribution in [0.4, 0.5) is 10.8 Å². The summed E-state index contributed by atoms with van der Waals surface area (Å²) in [5, 5.41) is 11.6. The molecule has 0 saturated heterocycles. The van der Waals surface area contributed by atoms with Crippen LogP contribution in [0.1, 0.15) is 47.8 Å². The van der Waals surface area contributed by atoms with Gasteiger partial charge in [0.1, 0.15) is 0 Å². The predicted octanol–water partition coefficient (Wildman–Crippen LogP) is 3.32. The zero-order valence-corrected chi connectivity index (χ0v) is 17.7. The second-order valence-electron chi connectivity index (χ2n) is 6.80. The number of benzene rings is 1. The molecule has 11 heteroatoms. The molecule has 1 fully saturated rings. The highest BCUT2D eigenvalue weighted by Crippen LogP contribution is 2.30. The topological polar surface area (TPSA) is 125 Å². The van der Waals surface area contributed by atoms with Crippen LogP contribution in [-0.4, -0.2) is 31.9 Å². The summed E-state index contributed by atoms with van der Waals surface area (Å²) in [5.41, 5.74) is 14.6. The number of nitrogen functional groups attached to an aromatic ring is 1. The van der Waals surface area contributed by atoms with Crippen molar-refractivity contribution < 1.29 is 4.79 Å². The number of aromatic nitrogens is 4. The molecule has 2 aromatic heterocycles. The first kappa shape index (κ1) is 22.4. The van der Waals surface area contributed by atoms with Gasteiger partial charge < -0.3 is 16.8 Å². The van der Waals surface area contributed by atoms with E-state index >= 15 is 0 Å². The van der Waals surface area contributed by atoms with Crippen molar-refractivity contribution in [3.8, 4) is 0 Å². The van der Waals surface area contributed by atoms with Crippen molar-refractivity contribution in [3.63, 3.8) is 0 Å². The SMILES string of the molecule is Cc1cc(NC(=O)c2cn(C3CCC(N)CC3)nn2)cc2sc(N)nc12.Cl.Cl. The Morgan fingerprint density at radius 2 is 1.96 bits per heavy atom. The summed E-state index contributed by atoms with van der Waals surface area (Å²) in [6.45, 7) is 1.95. The van der Waals surface area contributed by atoms with Gasteiger partial charge in [0.2, 0.25) is 0 Å². The van der Waals surface area contributed by atoms with Crippen molar-refractivity contribution in [2.45, 2.75) is 44.7 Å². The summed E-state index contributed by atoms with van der Waals surface area (Å²) in [5.74, 6) is -0.278. The molecule has 0 aliphatic heterocycles. The van der Waals surface area contributed by atoms with Crippen molar-refractivity contribution in [1.29, 1.82) is 0 Å². The summed E-state index contributed by atoms with van der Waals surface area (Å²) in [6, 6.07) is 4.30. The highest BCUT2D eigenvalue weighted by atomic mass is 35.5.